The van der Waals surface area contributed by atoms with E-state index < -0.39 is 0 Å². The van der Waals surface area contributed by atoms with Gasteiger partial charge in [0.1, 0.15) is 16.8 Å². The fraction of sp³-hybridized carbons (Fsp3) is 0.200. The Morgan fingerprint density at radius 1 is 1.20 bits per heavy atom. The second-order valence-corrected chi connectivity index (χ2v) is 5.25. The topological polar surface area (TPSA) is 61.0 Å². The highest BCUT2D eigenvalue weighted by molar-refractivity contribution is 7.16. The van der Waals surface area contributed by atoms with E-state index in [0.29, 0.717) is 18.2 Å². The van der Waals surface area contributed by atoms with Gasteiger partial charge in [0, 0.05) is 6.61 Å². The first kappa shape index (κ1) is 13.0. The molecule has 0 radical (unpaired) electrons. The molecule has 3 rings (SSSR count). The number of nitrogens with two attached hydrogens (primary N) is 1. The molecule has 1 aromatic carbocycles. The summed E-state index contributed by atoms with van der Waals surface area (Å²) in [6.07, 6.45) is -0.282. The number of hydrogen-bond donors (Lipinski definition) is 1. The predicted octanol–water partition coefficient (Wildman–Crippen LogP) is 3.40. The average molecular weight is 285 g/mol. The van der Waals surface area contributed by atoms with Crippen LogP contribution in [0.25, 0.3) is 10.2 Å². The van der Waals surface area contributed by atoms with Gasteiger partial charge in [-0.25, -0.2) is 9.97 Å². The predicted molar refractivity (Wildman–Crippen MR) is 81.7 cm³/mol. The first-order valence-corrected chi connectivity index (χ1v) is 7.34. The molecule has 4 nitrogen and oxygen atoms in total. The quantitative estimate of drug-likeness (QED) is 0.798. The third kappa shape index (κ3) is 2.37. The lowest BCUT2D eigenvalue weighted by atomic mass is 10.1. The minimum absolute atomic E-state index is 0.282. The van der Waals surface area contributed by atoms with Gasteiger partial charge in [-0.15, -0.1) is 11.3 Å². The van der Waals surface area contributed by atoms with Crippen molar-refractivity contribution in [1.29, 1.82) is 0 Å². The maximum absolute atomic E-state index is 6.01. The van der Waals surface area contributed by atoms with Crippen molar-refractivity contribution >= 4 is 27.4 Å². The highest BCUT2D eigenvalue weighted by atomic mass is 32.1. The zero-order chi connectivity index (χ0) is 13.9. The van der Waals surface area contributed by atoms with Gasteiger partial charge in [-0.3, -0.25) is 0 Å². The van der Waals surface area contributed by atoms with Crippen molar-refractivity contribution in [2.24, 2.45) is 0 Å². The Morgan fingerprint density at radius 3 is 2.75 bits per heavy atom. The number of fused-ring (bicyclic) bond motifs is 1. The lowest BCUT2D eigenvalue weighted by molar-refractivity contribution is 0.0855. The van der Waals surface area contributed by atoms with Gasteiger partial charge in [-0.05, 0) is 23.9 Å². The van der Waals surface area contributed by atoms with E-state index in [0.717, 1.165) is 15.8 Å². The van der Waals surface area contributed by atoms with Crippen LogP contribution in [0, 0.1) is 0 Å². The maximum Gasteiger partial charge on any atom is 0.165 e. The molecule has 0 saturated heterocycles. The summed E-state index contributed by atoms with van der Waals surface area (Å²) in [5.74, 6) is 1.12. The summed E-state index contributed by atoms with van der Waals surface area (Å²) >= 11 is 1.56. The van der Waals surface area contributed by atoms with E-state index in [4.69, 9.17) is 10.5 Å². The lowest BCUT2D eigenvalue weighted by Gasteiger charge is -2.16. The van der Waals surface area contributed by atoms with Crippen LogP contribution >= 0.6 is 11.3 Å². The Balaban J connectivity index is 2.09. The molecule has 5 heteroatoms. The first-order chi connectivity index (χ1) is 9.79. The molecule has 0 amide bonds. The Morgan fingerprint density at radius 2 is 2.00 bits per heavy atom. The minimum atomic E-state index is -0.282. The monoisotopic (exact) mass is 285 g/mol. The highest BCUT2D eigenvalue weighted by Gasteiger charge is 2.19. The number of aromatic nitrogens is 2. The van der Waals surface area contributed by atoms with Crippen molar-refractivity contribution in [3.8, 4) is 0 Å². The summed E-state index contributed by atoms with van der Waals surface area (Å²) in [5.41, 5.74) is 7.05. The summed E-state index contributed by atoms with van der Waals surface area (Å²) < 4.78 is 5.82. The second kappa shape index (κ2) is 5.56. The van der Waals surface area contributed by atoms with E-state index in [1.165, 1.54) is 0 Å². The fourth-order valence-corrected chi connectivity index (χ4v) is 2.91. The number of hydrogen-bond acceptors (Lipinski definition) is 5. The van der Waals surface area contributed by atoms with E-state index in [-0.39, 0.29) is 6.10 Å². The molecule has 0 aliphatic heterocycles. The van der Waals surface area contributed by atoms with Crippen molar-refractivity contribution in [3.05, 3.63) is 53.2 Å². The SMILES string of the molecule is CCOC(c1ccccc1)c1nc(N)c2ccsc2n1. The number of rotatable bonds is 4. The van der Waals surface area contributed by atoms with Gasteiger partial charge in [0.05, 0.1) is 5.39 Å². The molecule has 0 aliphatic carbocycles. The number of thiophene rings is 1. The van der Waals surface area contributed by atoms with Crippen LogP contribution in [-0.2, 0) is 4.74 Å². The first-order valence-electron chi connectivity index (χ1n) is 6.46. The van der Waals surface area contributed by atoms with Crippen LogP contribution in [0.5, 0.6) is 0 Å². The van der Waals surface area contributed by atoms with Crippen LogP contribution in [0.3, 0.4) is 0 Å². The molecule has 0 fully saturated rings. The van der Waals surface area contributed by atoms with E-state index in [1.807, 2.05) is 48.7 Å². The van der Waals surface area contributed by atoms with Gasteiger partial charge in [0.25, 0.3) is 0 Å². The Labute approximate surface area is 121 Å². The standard InChI is InChI=1S/C15H15N3OS/c1-2-19-12(10-6-4-3-5-7-10)14-17-13(16)11-8-9-20-15(11)18-14/h3-9,12H,2H2,1H3,(H2,16,17,18). The van der Waals surface area contributed by atoms with Gasteiger partial charge in [-0.2, -0.15) is 0 Å². The van der Waals surface area contributed by atoms with E-state index in [2.05, 4.69) is 9.97 Å². The third-order valence-corrected chi connectivity index (χ3v) is 3.85. The third-order valence-electron chi connectivity index (χ3n) is 3.04. The molecule has 0 spiro atoms. The van der Waals surface area contributed by atoms with Crippen LogP contribution in [0.2, 0.25) is 0 Å². The number of ether oxygens (including phenoxy) is 1. The number of nitrogens with zero attached hydrogens (tertiary/aromatic N) is 2. The molecule has 2 aromatic heterocycles. The van der Waals surface area contributed by atoms with Gasteiger partial charge >= 0.3 is 0 Å². The smallest absolute Gasteiger partial charge is 0.165 e. The van der Waals surface area contributed by atoms with E-state index in [9.17, 15) is 0 Å². The van der Waals surface area contributed by atoms with Crippen LogP contribution < -0.4 is 5.73 Å². The molecular weight excluding hydrogens is 270 g/mol. The van der Waals surface area contributed by atoms with Gasteiger partial charge in [0.15, 0.2) is 5.82 Å². The van der Waals surface area contributed by atoms with Crippen molar-refractivity contribution in [2.75, 3.05) is 12.3 Å². The Bertz CT molecular complexity index is 711. The molecule has 2 heterocycles. The van der Waals surface area contributed by atoms with Crippen molar-refractivity contribution in [2.45, 2.75) is 13.0 Å². The average Bonchev–Trinajstić information content (AvgIpc) is 2.94. The van der Waals surface area contributed by atoms with Gasteiger partial charge < -0.3 is 10.5 Å². The molecule has 3 aromatic rings. The summed E-state index contributed by atoms with van der Waals surface area (Å²) in [4.78, 5) is 9.91. The van der Waals surface area contributed by atoms with Crippen LogP contribution in [0.1, 0.15) is 24.4 Å². The molecule has 2 N–H and O–H groups in total. The summed E-state index contributed by atoms with van der Waals surface area (Å²) in [6, 6.07) is 11.9. The number of anilines is 1. The summed E-state index contributed by atoms with van der Waals surface area (Å²) in [6.45, 7) is 2.55. The molecule has 0 bridgehead atoms. The second-order valence-electron chi connectivity index (χ2n) is 4.35. The molecule has 1 atom stereocenters. The number of benzene rings is 1. The zero-order valence-electron chi connectivity index (χ0n) is 11.1. The van der Waals surface area contributed by atoms with Crippen molar-refractivity contribution in [3.63, 3.8) is 0 Å². The summed E-state index contributed by atoms with van der Waals surface area (Å²) in [7, 11) is 0. The van der Waals surface area contributed by atoms with Crippen molar-refractivity contribution < 1.29 is 4.74 Å². The minimum Gasteiger partial charge on any atom is -0.383 e. The largest absolute Gasteiger partial charge is 0.383 e. The molecule has 0 aliphatic rings. The van der Waals surface area contributed by atoms with Crippen molar-refractivity contribution in [1.82, 2.24) is 9.97 Å². The van der Waals surface area contributed by atoms with Gasteiger partial charge in [-0.1, -0.05) is 30.3 Å². The Kier molecular flexibility index (Phi) is 3.62. The maximum atomic E-state index is 6.01. The molecule has 1 unspecified atom stereocenters. The normalized spacial score (nSPS) is 12.7. The molecular formula is C15H15N3OS. The molecule has 20 heavy (non-hydrogen) atoms. The Hall–Kier alpha value is -1.98. The van der Waals surface area contributed by atoms with E-state index >= 15 is 0 Å². The zero-order valence-corrected chi connectivity index (χ0v) is 11.9. The molecule has 102 valence electrons. The van der Waals surface area contributed by atoms with Crippen LogP contribution in [0.15, 0.2) is 41.8 Å². The van der Waals surface area contributed by atoms with Crippen LogP contribution in [-0.4, -0.2) is 16.6 Å². The number of nitrogen functional groups attached to an aromatic ring is 1. The van der Waals surface area contributed by atoms with Gasteiger partial charge in [0.2, 0.25) is 0 Å². The highest BCUT2D eigenvalue weighted by Crippen LogP contribution is 2.28. The molecule has 0 saturated carbocycles. The summed E-state index contributed by atoms with van der Waals surface area (Å²) in [5, 5.41) is 2.87. The van der Waals surface area contributed by atoms with Crippen LogP contribution in [0.4, 0.5) is 5.82 Å². The van der Waals surface area contributed by atoms with E-state index in [1.54, 1.807) is 11.3 Å². The fourth-order valence-electron chi connectivity index (χ4n) is 2.13. The lowest BCUT2D eigenvalue weighted by Crippen LogP contribution is -2.11.